The van der Waals surface area contributed by atoms with E-state index in [4.69, 9.17) is 0 Å². The summed E-state index contributed by atoms with van der Waals surface area (Å²) < 4.78 is 0. The lowest BCUT2D eigenvalue weighted by Gasteiger charge is -2.49. The van der Waals surface area contributed by atoms with Gasteiger partial charge in [0.2, 0.25) is 0 Å². The van der Waals surface area contributed by atoms with Gasteiger partial charge in [-0.05, 0) is 39.8 Å². The number of rotatable bonds is 4. The summed E-state index contributed by atoms with van der Waals surface area (Å²) in [7, 11) is 0. The summed E-state index contributed by atoms with van der Waals surface area (Å²) in [5.41, 5.74) is 0. The number of piperidine rings is 1. The standard InChI is InChI=1S/C15H28N2O/c1-11(2)15(18)13-5-7-16(8-6-13)14-9-17(10-14)12(3)4/h11-14H,5-10H2,1-4H3. The lowest BCUT2D eigenvalue weighted by atomic mass is 9.86. The van der Waals surface area contributed by atoms with Gasteiger partial charge < -0.3 is 0 Å². The third-order valence-corrected chi connectivity index (χ3v) is 4.64. The molecule has 0 aromatic rings. The van der Waals surface area contributed by atoms with Crippen LogP contribution in [0.2, 0.25) is 0 Å². The van der Waals surface area contributed by atoms with E-state index in [1.807, 2.05) is 13.8 Å². The number of ketones is 1. The monoisotopic (exact) mass is 252 g/mol. The average Bonchev–Trinajstić information content (AvgIpc) is 2.26. The van der Waals surface area contributed by atoms with Crippen LogP contribution in [0.25, 0.3) is 0 Å². The zero-order valence-corrected chi connectivity index (χ0v) is 12.4. The smallest absolute Gasteiger partial charge is 0.138 e. The molecule has 0 amide bonds. The predicted octanol–water partition coefficient (Wildman–Crippen LogP) is 2.02. The van der Waals surface area contributed by atoms with Crippen molar-refractivity contribution >= 4 is 5.78 Å². The van der Waals surface area contributed by atoms with Gasteiger partial charge in [0, 0.05) is 37.0 Å². The van der Waals surface area contributed by atoms with E-state index in [9.17, 15) is 4.79 Å². The summed E-state index contributed by atoms with van der Waals surface area (Å²) in [5, 5.41) is 0. The van der Waals surface area contributed by atoms with Gasteiger partial charge in [0.25, 0.3) is 0 Å². The van der Waals surface area contributed by atoms with E-state index in [-0.39, 0.29) is 5.92 Å². The maximum absolute atomic E-state index is 12.0. The highest BCUT2D eigenvalue weighted by molar-refractivity contribution is 5.82. The molecule has 0 atom stereocenters. The molecule has 3 nitrogen and oxygen atoms in total. The fourth-order valence-corrected chi connectivity index (χ4v) is 3.16. The van der Waals surface area contributed by atoms with Crippen LogP contribution in [0.1, 0.15) is 40.5 Å². The lowest BCUT2D eigenvalue weighted by molar-refractivity contribution is -0.127. The molecule has 0 bridgehead atoms. The molecule has 2 saturated heterocycles. The quantitative estimate of drug-likeness (QED) is 0.765. The van der Waals surface area contributed by atoms with Crippen LogP contribution in [-0.4, -0.2) is 53.8 Å². The van der Waals surface area contributed by atoms with E-state index >= 15 is 0 Å². The van der Waals surface area contributed by atoms with Crippen molar-refractivity contribution in [3.8, 4) is 0 Å². The summed E-state index contributed by atoms with van der Waals surface area (Å²) in [6.07, 6.45) is 2.16. The largest absolute Gasteiger partial charge is 0.299 e. The van der Waals surface area contributed by atoms with Crippen LogP contribution in [0.4, 0.5) is 0 Å². The number of nitrogens with zero attached hydrogens (tertiary/aromatic N) is 2. The SMILES string of the molecule is CC(C)C(=O)C1CCN(C2CN(C(C)C)C2)CC1. The molecule has 2 aliphatic rings. The van der Waals surface area contributed by atoms with Crippen LogP contribution in [0.5, 0.6) is 0 Å². The minimum atomic E-state index is 0.210. The Hall–Kier alpha value is -0.410. The van der Waals surface area contributed by atoms with E-state index < -0.39 is 0 Å². The predicted molar refractivity (Wildman–Crippen MR) is 74.6 cm³/mol. The van der Waals surface area contributed by atoms with Gasteiger partial charge in [0.1, 0.15) is 5.78 Å². The fourth-order valence-electron chi connectivity index (χ4n) is 3.16. The van der Waals surface area contributed by atoms with Crippen molar-refractivity contribution in [2.45, 2.75) is 52.6 Å². The summed E-state index contributed by atoms with van der Waals surface area (Å²) >= 11 is 0. The van der Waals surface area contributed by atoms with Gasteiger partial charge >= 0.3 is 0 Å². The number of carbonyl (C=O) groups is 1. The fraction of sp³-hybridized carbons (Fsp3) is 0.933. The lowest BCUT2D eigenvalue weighted by Crippen LogP contribution is -2.62. The zero-order chi connectivity index (χ0) is 13.3. The van der Waals surface area contributed by atoms with Crippen molar-refractivity contribution in [2.75, 3.05) is 26.2 Å². The van der Waals surface area contributed by atoms with E-state index in [1.54, 1.807) is 0 Å². The molecule has 0 unspecified atom stereocenters. The Kier molecular flexibility index (Phi) is 4.44. The van der Waals surface area contributed by atoms with Crippen LogP contribution in [0.3, 0.4) is 0 Å². The molecular weight excluding hydrogens is 224 g/mol. The van der Waals surface area contributed by atoms with E-state index in [0.29, 0.717) is 17.7 Å². The Morgan fingerprint density at radius 1 is 1.06 bits per heavy atom. The first kappa shape index (κ1) is 14.0. The van der Waals surface area contributed by atoms with Gasteiger partial charge in [-0.3, -0.25) is 14.6 Å². The second kappa shape index (κ2) is 5.70. The molecule has 18 heavy (non-hydrogen) atoms. The Morgan fingerprint density at radius 3 is 2.06 bits per heavy atom. The molecule has 2 aliphatic heterocycles. The average molecular weight is 252 g/mol. The third kappa shape index (κ3) is 2.94. The molecule has 2 fully saturated rings. The Bertz CT molecular complexity index is 287. The number of Topliss-reactive ketones (excluding diaryl/α,β-unsaturated/α-hetero) is 1. The van der Waals surface area contributed by atoms with Crippen molar-refractivity contribution < 1.29 is 4.79 Å². The second-order valence-electron chi connectivity index (χ2n) is 6.57. The maximum atomic E-state index is 12.0. The zero-order valence-electron chi connectivity index (χ0n) is 12.4. The number of hydrogen-bond donors (Lipinski definition) is 0. The highest BCUT2D eigenvalue weighted by Gasteiger charge is 2.36. The Labute approximate surface area is 112 Å². The normalized spacial score (nSPS) is 24.8. The van der Waals surface area contributed by atoms with Crippen LogP contribution in [0, 0.1) is 11.8 Å². The molecule has 0 aliphatic carbocycles. The molecule has 0 spiro atoms. The molecule has 2 rings (SSSR count). The minimum absolute atomic E-state index is 0.210. The van der Waals surface area contributed by atoms with Crippen molar-refractivity contribution in [2.24, 2.45) is 11.8 Å². The Morgan fingerprint density at radius 2 is 1.61 bits per heavy atom. The maximum Gasteiger partial charge on any atom is 0.138 e. The molecule has 0 aromatic carbocycles. The molecule has 0 saturated carbocycles. The summed E-state index contributed by atoms with van der Waals surface area (Å²) in [6, 6.07) is 1.43. The topological polar surface area (TPSA) is 23.6 Å². The molecular formula is C15H28N2O. The second-order valence-corrected chi connectivity index (χ2v) is 6.57. The van der Waals surface area contributed by atoms with Crippen molar-refractivity contribution in [1.29, 1.82) is 0 Å². The molecule has 0 N–H and O–H groups in total. The number of hydrogen-bond acceptors (Lipinski definition) is 3. The summed E-state index contributed by atoms with van der Waals surface area (Å²) in [4.78, 5) is 17.1. The van der Waals surface area contributed by atoms with Crippen molar-refractivity contribution in [3.63, 3.8) is 0 Å². The first-order chi connectivity index (χ1) is 8.49. The summed E-state index contributed by atoms with van der Waals surface area (Å²) in [5.74, 6) is 1.02. The van der Waals surface area contributed by atoms with Gasteiger partial charge in [-0.25, -0.2) is 0 Å². The van der Waals surface area contributed by atoms with Gasteiger partial charge in [-0.2, -0.15) is 0 Å². The van der Waals surface area contributed by atoms with E-state index in [2.05, 4.69) is 23.6 Å². The number of likely N-dealkylation sites (tertiary alicyclic amines) is 2. The van der Waals surface area contributed by atoms with Crippen LogP contribution < -0.4 is 0 Å². The van der Waals surface area contributed by atoms with Crippen LogP contribution in [0.15, 0.2) is 0 Å². The van der Waals surface area contributed by atoms with Crippen LogP contribution >= 0.6 is 0 Å². The van der Waals surface area contributed by atoms with Gasteiger partial charge in [0.15, 0.2) is 0 Å². The molecule has 3 heteroatoms. The third-order valence-electron chi connectivity index (χ3n) is 4.64. The van der Waals surface area contributed by atoms with Gasteiger partial charge in [0.05, 0.1) is 0 Å². The highest BCUT2D eigenvalue weighted by Crippen LogP contribution is 2.26. The molecule has 0 radical (unpaired) electrons. The number of carbonyl (C=O) groups excluding carboxylic acids is 1. The first-order valence-corrected chi connectivity index (χ1v) is 7.51. The van der Waals surface area contributed by atoms with Crippen molar-refractivity contribution in [3.05, 3.63) is 0 Å². The van der Waals surface area contributed by atoms with Crippen molar-refractivity contribution in [1.82, 2.24) is 9.80 Å². The molecule has 104 valence electrons. The first-order valence-electron chi connectivity index (χ1n) is 7.51. The van der Waals surface area contributed by atoms with E-state index in [1.165, 1.54) is 13.1 Å². The van der Waals surface area contributed by atoms with Gasteiger partial charge in [-0.1, -0.05) is 13.8 Å². The minimum Gasteiger partial charge on any atom is -0.299 e. The highest BCUT2D eigenvalue weighted by atomic mass is 16.1. The molecule has 0 aromatic heterocycles. The molecule has 2 heterocycles. The van der Waals surface area contributed by atoms with Crippen LogP contribution in [-0.2, 0) is 4.79 Å². The Balaban J connectivity index is 1.73. The summed E-state index contributed by atoms with van der Waals surface area (Å²) in [6.45, 7) is 13.3. The van der Waals surface area contributed by atoms with E-state index in [0.717, 1.165) is 32.0 Å². The van der Waals surface area contributed by atoms with Gasteiger partial charge in [-0.15, -0.1) is 0 Å².